The predicted octanol–water partition coefficient (Wildman–Crippen LogP) is 2.24. The molecule has 0 aromatic carbocycles. The summed E-state index contributed by atoms with van der Waals surface area (Å²) >= 11 is 0. The Morgan fingerprint density at radius 1 is 1.16 bits per heavy atom. The normalized spacial score (nSPS) is 10.1. The van der Waals surface area contributed by atoms with Crippen LogP contribution in [0.3, 0.4) is 0 Å². The van der Waals surface area contributed by atoms with Gasteiger partial charge in [0, 0.05) is 25.4 Å². The molecule has 0 aliphatic rings. The quantitative estimate of drug-likeness (QED) is 0.670. The summed E-state index contributed by atoms with van der Waals surface area (Å²) in [5, 5.41) is 11.3. The Morgan fingerprint density at radius 2 is 1.89 bits per heavy atom. The molecule has 0 radical (unpaired) electrons. The number of carbonyl (C=O) groups is 2. The van der Waals surface area contributed by atoms with Crippen LogP contribution in [0.4, 0.5) is 0 Å². The number of unbranched alkanes of at least 4 members (excludes halogenated alkanes) is 4. The van der Waals surface area contributed by atoms with Crippen molar-refractivity contribution in [1.29, 1.82) is 0 Å². The molecule has 2 N–H and O–H groups in total. The van der Waals surface area contributed by atoms with Crippen LogP contribution in [0.15, 0.2) is 24.5 Å². The lowest BCUT2D eigenvalue weighted by Crippen LogP contribution is -2.24. The van der Waals surface area contributed by atoms with Crippen molar-refractivity contribution in [3.05, 3.63) is 30.1 Å². The van der Waals surface area contributed by atoms with Gasteiger partial charge in [-0.25, -0.2) is 0 Å². The van der Waals surface area contributed by atoms with Crippen molar-refractivity contribution in [3.63, 3.8) is 0 Å². The molecule has 1 aromatic heterocycles. The molecule has 5 nitrogen and oxygen atoms in total. The van der Waals surface area contributed by atoms with Gasteiger partial charge in [-0.05, 0) is 25.0 Å². The highest BCUT2D eigenvalue weighted by Gasteiger charge is 2.03. The molecule has 1 rings (SSSR count). The number of nitrogens with zero attached hydrogens (tertiary/aromatic N) is 1. The topological polar surface area (TPSA) is 79.3 Å². The zero-order valence-corrected chi connectivity index (χ0v) is 11.0. The zero-order chi connectivity index (χ0) is 13.9. The Labute approximate surface area is 113 Å². The summed E-state index contributed by atoms with van der Waals surface area (Å²) in [6, 6.07) is 3.46. The first kappa shape index (κ1) is 15.1. The Morgan fingerprint density at radius 3 is 2.58 bits per heavy atom. The van der Waals surface area contributed by atoms with E-state index in [1.165, 1.54) is 0 Å². The third-order valence-electron chi connectivity index (χ3n) is 2.78. The lowest BCUT2D eigenvalue weighted by atomic mass is 10.1. The maximum Gasteiger partial charge on any atom is 0.303 e. The summed E-state index contributed by atoms with van der Waals surface area (Å²) in [6.07, 6.45) is 8.02. The van der Waals surface area contributed by atoms with Gasteiger partial charge in [-0.2, -0.15) is 0 Å². The van der Waals surface area contributed by atoms with Crippen molar-refractivity contribution in [2.45, 2.75) is 38.5 Å². The smallest absolute Gasteiger partial charge is 0.303 e. The minimum atomic E-state index is -0.733. The fraction of sp³-hybridized carbons (Fsp3) is 0.500. The fourth-order valence-electron chi connectivity index (χ4n) is 1.73. The standard InChI is InChI=1S/C14H20N2O3/c17-13(18)8-4-2-1-3-5-10-16-14(19)12-7-6-9-15-11-12/h6-7,9,11H,1-5,8,10H2,(H,16,19)(H,17,18). The van der Waals surface area contributed by atoms with Crippen molar-refractivity contribution >= 4 is 11.9 Å². The summed E-state index contributed by atoms with van der Waals surface area (Å²) in [7, 11) is 0. The van der Waals surface area contributed by atoms with Crippen LogP contribution >= 0.6 is 0 Å². The number of aromatic nitrogens is 1. The average molecular weight is 264 g/mol. The number of amides is 1. The van der Waals surface area contributed by atoms with Crippen LogP contribution < -0.4 is 5.32 Å². The van der Waals surface area contributed by atoms with E-state index in [1.54, 1.807) is 24.5 Å². The molecule has 0 bridgehead atoms. The summed E-state index contributed by atoms with van der Waals surface area (Å²) in [5.41, 5.74) is 0.573. The van der Waals surface area contributed by atoms with Gasteiger partial charge in [-0.3, -0.25) is 14.6 Å². The largest absolute Gasteiger partial charge is 0.481 e. The summed E-state index contributed by atoms with van der Waals surface area (Å²) < 4.78 is 0. The van der Waals surface area contributed by atoms with Gasteiger partial charge in [0.1, 0.15) is 0 Å². The molecule has 1 heterocycles. The van der Waals surface area contributed by atoms with Crippen LogP contribution in [-0.2, 0) is 4.79 Å². The van der Waals surface area contributed by atoms with Crippen LogP contribution in [-0.4, -0.2) is 28.5 Å². The number of carboxylic acid groups (broad SMARTS) is 1. The molecular formula is C14H20N2O3. The number of carboxylic acids is 1. The van der Waals surface area contributed by atoms with Crippen molar-refractivity contribution < 1.29 is 14.7 Å². The van der Waals surface area contributed by atoms with Crippen molar-refractivity contribution in [1.82, 2.24) is 10.3 Å². The van der Waals surface area contributed by atoms with E-state index in [9.17, 15) is 9.59 Å². The number of rotatable bonds is 9. The number of pyridine rings is 1. The first-order chi connectivity index (χ1) is 9.20. The van der Waals surface area contributed by atoms with Crippen LogP contribution in [0.25, 0.3) is 0 Å². The van der Waals surface area contributed by atoms with Gasteiger partial charge < -0.3 is 10.4 Å². The lowest BCUT2D eigenvalue weighted by molar-refractivity contribution is -0.137. The van der Waals surface area contributed by atoms with Gasteiger partial charge in [-0.1, -0.05) is 19.3 Å². The molecule has 0 unspecified atom stereocenters. The van der Waals surface area contributed by atoms with Gasteiger partial charge in [0.2, 0.25) is 0 Å². The Bertz CT molecular complexity index is 393. The van der Waals surface area contributed by atoms with Crippen LogP contribution in [0, 0.1) is 0 Å². The molecule has 0 fully saturated rings. The second-order valence-corrected chi connectivity index (χ2v) is 4.41. The molecule has 0 atom stereocenters. The summed E-state index contributed by atoms with van der Waals surface area (Å²) in [6.45, 7) is 0.645. The highest BCUT2D eigenvalue weighted by molar-refractivity contribution is 5.93. The molecule has 0 spiro atoms. The maximum atomic E-state index is 11.6. The molecule has 0 saturated heterocycles. The maximum absolute atomic E-state index is 11.6. The highest BCUT2D eigenvalue weighted by Crippen LogP contribution is 2.05. The van der Waals surface area contributed by atoms with E-state index in [0.29, 0.717) is 12.1 Å². The Balaban J connectivity index is 1.99. The number of nitrogens with one attached hydrogen (secondary N) is 1. The minimum Gasteiger partial charge on any atom is -0.481 e. The molecule has 0 aliphatic heterocycles. The Hall–Kier alpha value is -1.91. The number of carbonyl (C=O) groups excluding carboxylic acids is 1. The van der Waals surface area contributed by atoms with E-state index in [2.05, 4.69) is 10.3 Å². The number of aliphatic carboxylic acids is 1. The van der Waals surface area contributed by atoms with Crippen molar-refractivity contribution in [3.8, 4) is 0 Å². The van der Waals surface area contributed by atoms with E-state index in [-0.39, 0.29) is 12.3 Å². The number of hydrogen-bond donors (Lipinski definition) is 2. The van der Waals surface area contributed by atoms with Crippen molar-refractivity contribution in [2.24, 2.45) is 0 Å². The third-order valence-corrected chi connectivity index (χ3v) is 2.78. The second-order valence-electron chi connectivity index (χ2n) is 4.41. The zero-order valence-electron chi connectivity index (χ0n) is 11.0. The van der Waals surface area contributed by atoms with E-state index in [1.807, 2.05) is 0 Å². The molecule has 19 heavy (non-hydrogen) atoms. The molecule has 0 aliphatic carbocycles. The first-order valence-electron chi connectivity index (χ1n) is 6.60. The molecule has 1 amide bonds. The Kier molecular flexibility index (Phi) is 7.24. The second kappa shape index (κ2) is 9.08. The van der Waals surface area contributed by atoms with E-state index in [4.69, 9.17) is 5.11 Å². The molecular weight excluding hydrogens is 244 g/mol. The SMILES string of the molecule is O=C(O)CCCCCCCNC(=O)c1cccnc1. The predicted molar refractivity (Wildman–Crippen MR) is 71.9 cm³/mol. The van der Waals surface area contributed by atoms with E-state index < -0.39 is 5.97 Å². The lowest BCUT2D eigenvalue weighted by Gasteiger charge is -2.04. The van der Waals surface area contributed by atoms with E-state index in [0.717, 1.165) is 32.1 Å². The van der Waals surface area contributed by atoms with Gasteiger partial charge in [0.25, 0.3) is 5.91 Å². The summed E-state index contributed by atoms with van der Waals surface area (Å²) in [5.74, 6) is -0.831. The van der Waals surface area contributed by atoms with Gasteiger partial charge in [0.15, 0.2) is 0 Å². The first-order valence-corrected chi connectivity index (χ1v) is 6.60. The van der Waals surface area contributed by atoms with Crippen LogP contribution in [0.2, 0.25) is 0 Å². The monoisotopic (exact) mass is 264 g/mol. The molecule has 0 saturated carbocycles. The van der Waals surface area contributed by atoms with Crippen LogP contribution in [0.1, 0.15) is 48.9 Å². The fourth-order valence-corrected chi connectivity index (χ4v) is 1.73. The average Bonchev–Trinajstić information content (AvgIpc) is 2.42. The summed E-state index contributed by atoms with van der Waals surface area (Å²) in [4.78, 5) is 25.8. The molecule has 104 valence electrons. The number of hydrogen-bond acceptors (Lipinski definition) is 3. The molecule has 5 heteroatoms. The van der Waals surface area contributed by atoms with Crippen LogP contribution in [0.5, 0.6) is 0 Å². The van der Waals surface area contributed by atoms with Gasteiger partial charge in [0.05, 0.1) is 5.56 Å². The highest BCUT2D eigenvalue weighted by atomic mass is 16.4. The minimum absolute atomic E-state index is 0.0982. The van der Waals surface area contributed by atoms with Gasteiger partial charge >= 0.3 is 5.97 Å². The van der Waals surface area contributed by atoms with E-state index >= 15 is 0 Å². The molecule has 1 aromatic rings. The van der Waals surface area contributed by atoms with Gasteiger partial charge in [-0.15, -0.1) is 0 Å². The van der Waals surface area contributed by atoms with Crippen molar-refractivity contribution in [2.75, 3.05) is 6.54 Å². The third kappa shape index (κ3) is 7.18.